The van der Waals surface area contributed by atoms with Crippen LogP contribution in [0.5, 0.6) is 5.75 Å². The zero-order valence-electron chi connectivity index (χ0n) is 16.7. The smallest absolute Gasteiger partial charge is 0.134 e. The van der Waals surface area contributed by atoms with Crippen molar-refractivity contribution in [3.63, 3.8) is 0 Å². The zero-order valence-corrected chi connectivity index (χ0v) is 17.5. The SMILES string of the molecule is Cc1ccc(-c2cccc3[nH]c(-c4n[nH]c5ccc(-c6cncc(O)c6)cc45)cc23)s1. The molecule has 0 aliphatic rings. The molecule has 6 aromatic rings. The van der Waals surface area contributed by atoms with Crippen LogP contribution in [0.4, 0.5) is 0 Å². The fourth-order valence-electron chi connectivity index (χ4n) is 4.06. The highest BCUT2D eigenvalue weighted by molar-refractivity contribution is 7.15. The molecule has 0 fully saturated rings. The van der Waals surface area contributed by atoms with Gasteiger partial charge in [0.2, 0.25) is 0 Å². The van der Waals surface area contributed by atoms with Crippen molar-refractivity contribution in [1.29, 1.82) is 0 Å². The zero-order chi connectivity index (χ0) is 20.9. The van der Waals surface area contributed by atoms with E-state index in [2.05, 4.69) is 69.6 Å². The van der Waals surface area contributed by atoms with E-state index in [1.165, 1.54) is 26.9 Å². The Labute approximate surface area is 182 Å². The van der Waals surface area contributed by atoms with Crippen LogP contribution in [-0.4, -0.2) is 25.3 Å². The number of pyridine rings is 1. The molecule has 6 rings (SSSR count). The molecule has 0 radical (unpaired) electrons. The fourth-order valence-corrected chi connectivity index (χ4v) is 4.97. The van der Waals surface area contributed by atoms with Crippen molar-refractivity contribution < 1.29 is 5.11 Å². The topological polar surface area (TPSA) is 77.6 Å². The van der Waals surface area contributed by atoms with Crippen molar-refractivity contribution in [1.82, 2.24) is 20.2 Å². The third-order valence-corrected chi connectivity index (χ3v) is 6.58. The van der Waals surface area contributed by atoms with E-state index in [9.17, 15) is 5.11 Å². The third-order valence-electron chi connectivity index (χ3n) is 5.55. The molecule has 6 heteroatoms. The summed E-state index contributed by atoms with van der Waals surface area (Å²) in [6, 6.07) is 20.7. The van der Waals surface area contributed by atoms with Gasteiger partial charge in [0.1, 0.15) is 11.4 Å². The number of nitrogens with one attached hydrogen (secondary N) is 2. The van der Waals surface area contributed by atoms with Crippen LogP contribution in [0.15, 0.2) is 73.1 Å². The summed E-state index contributed by atoms with van der Waals surface area (Å²) in [6.07, 6.45) is 3.18. The van der Waals surface area contributed by atoms with Crippen molar-refractivity contribution >= 4 is 33.1 Å². The number of fused-ring (bicyclic) bond motifs is 2. The molecular weight excluding hydrogens is 404 g/mol. The second-order valence-corrected chi connectivity index (χ2v) is 8.91. The lowest BCUT2D eigenvalue weighted by Crippen LogP contribution is -1.81. The molecule has 4 heterocycles. The summed E-state index contributed by atoms with van der Waals surface area (Å²) in [6.45, 7) is 2.13. The van der Waals surface area contributed by atoms with E-state index in [4.69, 9.17) is 0 Å². The normalized spacial score (nSPS) is 11.5. The highest BCUT2D eigenvalue weighted by Crippen LogP contribution is 2.37. The van der Waals surface area contributed by atoms with Gasteiger partial charge in [0.05, 0.1) is 17.4 Å². The van der Waals surface area contributed by atoms with Gasteiger partial charge in [-0.25, -0.2) is 0 Å². The van der Waals surface area contributed by atoms with E-state index in [1.807, 2.05) is 12.1 Å². The van der Waals surface area contributed by atoms with Crippen LogP contribution in [0.25, 0.3) is 54.8 Å². The summed E-state index contributed by atoms with van der Waals surface area (Å²) in [5.74, 6) is 0.150. The Kier molecular flexibility index (Phi) is 3.94. The van der Waals surface area contributed by atoms with Crippen molar-refractivity contribution in [3.8, 4) is 38.7 Å². The number of rotatable bonds is 3. The second-order valence-electron chi connectivity index (χ2n) is 7.62. The van der Waals surface area contributed by atoms with E-state index in [-0.39, 0.29) is 5.75 Å². The number of aromatic amines is 2. The van der Waals surface area contributed by atoms with Crippen molar-refractivity contribution in [2.75, 3.05) is 0 Å². The van der Waals surface area contributed by atoms with Crippen LogP contribution in [0, 0.1) is 6.92 Å². The van der Waals surface area contributed by atoms with Crippen molar-refractivity contribution in [2.24, 2.45) is 0 Å². The van der Waals surface area contributed by atoms with Crippen LogP contribution in [-0.2, 0) is 0 Å². The number of hydrogen-bond donors (Lipinski definition) is 3. The molecule has 4 aromatic heterocycles. The predicted molar refractivity (Wildman–Crippen MR) is 126 cm³/mol. The first-order chi connectivity index (χ1) is 15.2. The van der Waals surface area contributed by atoms with Crippen LogP contribution in [0.3, 0.4) is 0 Å². The molecule has 0 saturated heterocycles. The van der Waals surface area contributed by atoms with Gasteiger partial charge in [-0.05, 0) is 55.0 Å². The molecule has 0 aliphatic carbocycles. The van der Waals surface area contributed by atoms with Gasteiger partial charge in [-0.2, -0.15) is 5.10 Å². The first-order valence-corrected chi connectivity index (χ1v) is 10.8. The minimum absolute atomic E-state index is 0.150. The first-order valence-electron chi connectivity index (χ1n) is 9.97. The van der Waals surface area contributed by atoms with Gasteiger partial charge in [-0.15, -0.1) is 11.3 Å². The van der Waals surface area contributed by atoms with E-state index in [1.54, 1.807) is 23.6 Å². The lowest BCUT2D eigenvalue weighted by molar-refractivity contribution is 0.473. The van der Waals surface area contributed by atoms with E-state index < -0.39 is 0 Å². The van der Waals surface area contributed by atoms with E-state index in [0.29, 0.717) is 0 Å². The molecule has 2 aromatic carbocycles. The Balaban J connectivity index is 1.51. The third kappa shape index (κ3) is 3.00. The first kappa shape index (κ1) is 17.9. The number of benzene rings is 2. The predicted octanol–water partition coefficient (Wildman–Crippen LogP) is 6.52. The number of hydrogen-bond acceptors (Lipinski definition) is 4. The summed E-state index contributed by atoms with van der Waals surface area (Å²) in [7, 11) is 0. The average Bonchev–Trinajstić information content (AvgIpc) is 3.50. The summed E-state index contributed by atoms with van der Waals surface area (Å²) < 4.78 is 0. The maximum absolute atomic E-state index is 9.80. The molecule has 5 nitrogen and oxygen atoms in total. The molecule has 150 valence electrons. The lowest BCUT2D eigenvalue weighted by atomic mass is 10.0. The molecule has 0 bridgehead atoms. The maximum atomic E-state index is 9.80. The minimum Gasteiger partial charge on any atom is -0.506 e. The van der Waals surface area contributed by atoms with Gasteiger partial charge >= 0.3 is 0 Å². The number of aromatic hydroxyl groups is 1. The monoisotopic (exact) mass is 422 g/mol. The van der Waals surface area contributed by atoms with Gasteiger partial charge in [0.25, 0.3) is 0 Å². The summed E-state index contributed by atoms with van der Waals surface area (Å²) in [5.41, 5.74) is 6.94. The minimum atomic E-state index is 0.150. The standard InChI is InChI=1S/C25H18N4OS/c1-14-5-8-24(31-14)18-3-2-4-21-19(18)11-23(27-21)25-20-10-15(6-7-22(20)28-29-25)16-9-17(30)13-26-12-16/h2-13,27,30H,1H3,(H,28,29). The fraction of sp³-hybridized carbons (Fsp3) is 0.0400. The molecule has 0 atom stereocenters. The van der Waals surface area contributed by atoms with E-state index >= 15 is 0 Å². The van der Waals surface area contributed by atoms with Crippen LogP contribution in [0.1, 0.15) is 4.88 Å². The lowest BCUT2D eigenvalue weighted by Gasteiger charge is -2.02. The highest BCUT2D eigenvalue weighted by atomic mass is 32.1. The molecule has 0 unspecified atom stereocenters. The molecule has 0 aliphatic heterocycles. The maximum Gasteiger partial charge on any atom is 0.134 e. The molecule has 0 amide bonds. The van der Waals surface area contributed by atoms with Gasteiger partial charge in [-0.1, -0.05) is 18.2 Å². The average molecular weight is 423 g/mol. The van der Waals surface area contributed by atoms with Gasteiger partial charge in [0, 0.05) is 43.4 Å². The van der Waals surface area contributed by atoms with Crippen LogP contribution >= 0.6 is 11.3 Å². The van der Waals surface area contributed by atoms with E-state index in [0.717, 1.165) is 38.9 Å². The van der Waals surface area contributed by atoms with Crippen molar-refractivity contribution in [2.45, 2.75) is 6.92 Å². The Morgan fingerprint density at radius 1 is 0.871 bits per heavy atom. The molecule has 3 N–H and O–H groups in total. The Bertz CT molecular complexity index is 1570. The number of aromatic nitrogens is 4. The number of thiophene rings is 1. The Morgan fingerprint density at radius 2 is 1.81 bits per heavy atom. The summed E-state index contributed by atoms with van der Waals surface area (Å²) >= 11 is 1.80. The van der Waals surface area contributed by atoms with Gasteiger partial charge in [-0.3, -0.25) is 10.1 Å². The van der Waals surface area contributed by atoms with Gasteiger partial charge < -0.3 is 10.1 Å². The second kappa shape index (κ2) is 6.82. The summed E-state index contributed by atoms with van der Waals surface area (Å²) in [5, 5.41) is 19.7. The van der Waals surface area contributed by atoms with Gasteiger partial charge in [0.15, 0.2) is 0 Å². The molecule has 31 heavy (non-hydrogen) atoms. The molecule has 0 saturated carbocycles. The number of H-pyrrole nitrogens is 2. The summed E-state index contributed by atoms with van der Waals surface area (Å²) in [4.78, 5) is 10.2. The highest BCUT2D eigenvalue weighted by Gasteiger charge is 2.15. The Morgan fingerprint density at radius 3 is 2.65 bits per heavy atom. The van der Waals surface area contributed by atoms with Crippen LogP contribution in [0.2, 0.25) is 0 Å². The number of nitrogens with zero attached hydrogens (tertiary/aromatic N) is 2. The molecular formula is C25H18N4OS. The Hall–Kier alpha value is -3.90. The van der Waals surface area contributed by atoms with Crippen LogP contribution < -0.4 is 0 Å². The number of aryl methyl sites for hydroxylation is 1. The molecule has 0 spiro atoms. The van der Waals surface area contributed by atoms with Crippen molar-refractivity contribution in [3.05, 3.63) is 77.9 Å². The largest absolute Gasteiger partial charge is 0.506 e. The quantitative estimate of drug-likeness (QED) is 0.304.